The average molecular weight is 241 g/mol. The Balaban J connectivity index is 1.93. The monoisotopic (exact) mass is 241 g/mol. The summed E-state index contributed by atoms with van der Waals surface area (Å²) in [4.78, 5) is 16.0. The van der Waals surface area contributed by atoms with Gasteiger partial charge in [0.25, 0.3) is 0 Å². The molecule has 0 aromatic heterocycles. The molecule has 1 amide bonds. The van der Waals surface area contributed by atoms with Gasteiger partial charge in [-0.3, -0.25) is 10.1 Å². The van der Waals surface area contributed by atoms with E-state index in [4.69, 9.17) is 4.74 Å². The highest BCUT2D eigenvalue weighted by Gasteiger charge is 2.34. The van der Waals surface area contributed by atoms with Crippen LogP contribution in [0.2, 0.25) is 0 Å². The first kappa shape index (κ1) is 12.8. The third-order valence-electron chi connectivity index (χ3n) is 3.49. The van der Waals surface area contributed by atoms with E-state index in [0.717, 1.165) is 19.7 Å². The van der Waals surface area contributed by atoms with Crippen LogP contribution in [0.3, 0.4) is 0 Å². The van der Waals surface area contributed by atoms with Crippen molar-refractivity contribution < 1.29 is 9.53 Å². The summed E-state index contributed by atoms with van der Waals surface area (Å²) in [6.45, 7) is 8.10. The van der Waals surface area contributed by atoms with Crippen molar-refractivity contribution in [1.82, 2.24) is 15.1 Å². The Morgan fingerprint density at radius 3 is 2.94 bits per heavy atom. The zero-order valence-corrected chi connectivity index (χ0v) is 11.0. The number of nitrogens with one attached hydrogen (secondary N) is 1. The maximum Gasteiger partial charge on any atom is 0.237 e. The zero-order valence-electron chi connectivity index (χ0n) is 11.0. The second kappa shape index (κ2) is 5.33. The fraction of sp³-hybridized carbons (Fsp3) is 0.917. The summed E-state index contributed by atoms with van der Waals surface area (Å²) in [6.07, 6.45) is 0.317. The van der Waals surface area contributed by atoms with Crippen LogP contribution in [0, 0.1) is 5.92 Å². The number of morpholine rings is 1. The smallest absolute Gasteiger partial charge is 0.237 e. The molecule has 2 rings (SSSR count). The molecule has 5 heteroatoms. The number of likely N-dealkylation sites (N-methyl/N-ethyl adjacent to an activating group) is 1. The van der Waals surface area contributed by atoms with Crippen molar-refractivity contribution in [2.75, 3.05) is 39.8 Å². The molecule has 98 valence electrons. The first-order valence-corrected chi connectivity index (χ1v) is 6.41. The molecule has 2 fully saturated rings. The van der Waals surface area contributed by atoms with Crippen molar-refractivity contribution in [3.63, 3.8) is 0 Å². The second-order valence-electron chi connectivity index (χ2n) is 5.37. The summed E-state index contributed by atoms with van der Waals surface area (Å²) >= 11 is 0. The van der Waals surface area contributed by atoms with Gasteiger partial charge >= 0.3 is 0 Å². The Morgan fingerprint density at radius 1 is 1.53 bits per heavy atom. The summed E-state index contributed by atoms with van der Waals surface area (Å²) in [5.41, 5.74) is 0. The highest BCUT2D eigenvalue weighted by atomic mass is 16.5. The van der Waals surface area contributed by atoms with E-state index in [9.17, 15) is 4.79 Å². The molecule has 0 spiro atoms. The molecule has 0 bridgehead atoms. The lowest BCUT2D eigenvalue weighted by Gasteiger charge is -2.35. The second-order valence-corrected chi connectivity index (χ2v) is 5.37. The van der Waals surface area contributed by atoms with Gasteiger partial charge in [0.05, 0.1) is 25.4 Å². The normalized spacial score (nSPS) is 31.5. The van der Waals surface area contributed by atoms with Crippen LogP contribution >= 0.6 is 0 Å². The number of rotatable bonds is 3. The van der Waals surface area contributed by atoms with E-state index < -0.39 is 0 Å². The molecule has 2 heterocycles. The molecule has 17 heavy (non-hydrogen) atoms. The lowest BCUT2D eigenvalue weighted by atomic mass is 10.1. The number of ether oxygens (including phenoxy) is 1. The third-order valence-corrected chi connectivity index (χ3v) is 3.49. The topological polar surface area (TPSA) is 44.8 Å². The van der Waals surface area contributed by atoms with Gasteiger partial charge in [0.1, 0.15) is 0 Å². The Kier molecular flexibility index (Phi) is 4.01. The summed E-state index contributed by atoms with van der Waals surface area (Å²) in [5.74, 6) is 0.628. The van der Waals surface area contributed by atoms with Crippen LogP contribution < -0.4 is 5.32 Å². The summed E-state index contributed by atoms with van der Waals surface area (Å²) in [5, 5.41) is 3.26. The van der Waals surface area contributed by atoms with E-state index in [2.05, 4.69) is 31.1 Å². The van der Waals surface area contributed by atoms with E-state index >= 15 is 0 Å². The number of amides is 1. The van der Waals surface area contributed by atoms with E-state index in [0.29, 0.717) is 19.0 Å². The van der Waals surface area contributed by atoms with Crippen LogP contribution in [-0.2, 0) is 9.53 Å². The van der Waals surface area contributed by atoms with Gasteiger partial charge in [-0.05, 0) is 13.0 Å². The van der Waals surface area contributed by atoms with Crippen molar-refractivity contribution in [3.05, 3.63) is 0 Å². The minimum absolute atomic E-state index is 0.152. The van der Waals surface area contributed by atoms with Crippen molar-refractivity contribution in [2.24, 2.45) is 5.92 Å². The number of carbonyl (C=O) groups is 1. The lowest BCUT2D eigenvalue weighted by Crippen LogP contribution is -2.50. The number of carbonyl (C=O) groups excluding carboxylic acids is 1. The van der Waals surface area contributed by atoms with Crippen LogP contribution in [0.1, 0.15) is 13.8 Å². The predicted octanol–water partition coefficient (Wildman–Crippen LogP) is -0.269. The molecule has 0 radical (unpaired) electrons. The summed E-state index contributed by atoms with van der Waals surface area (Å²) < 4.78 is 5.72. The van der Waals surface area contributed by atoms with Crippen molar-refractivity contribution in [1.29, 1.82) is 0 Å². The molecule has 2 saturated heterocycles. The van der Waals surface area contributed by atoms with Gasteiger partial charge in [0.2, 0.25) is 5.91 Å². The van der Waals surface area contributed by atoms with Crippen LogP contribution in [0.15, 0.2) is 0 Å². The number of hydrogen-bond donors (Lipinski definition) is 1. The van der Waals surface area contributed by atoms with Crippen LogP contribution in [-0.4, -0.2) is 67.8 Å². The van der Waals surface area contributed by atoms with Gasteiger partial charge < -0.3 is 14.5 Å². The Hall–Kier alpha value is -0.650. The highest BCUT2D eigenvalue weighted by Crippen LogP contribution is 2.16. The lowest BCUT2D eigenvalue weighted by molar-refractivity contribution is -0.132. The molecule has 2 atom stereocenters. The average Bonchev–Trinajstić information content (AvgIpc) is 2.61. The van der Waals surface area contributed by atoms with Gasteiger partial charge in [-0.2, -0.15) is 0 Å². The summed E-state index contributed by atoms with van der Waals surface area (Å²) in [6, 6.07) is 0. The van der Waals surface area contributed by atoms with Gasteiger partial charge in [-0.25, -0.2) is 0 Å². The van der Waals surface area contributed by atoms with Gasteiger partial charge in [-0.1, -0.05) is 13.8 Å². The first-order chi connectivity index (χ1) is 8.08. The molecule has 0 aromatic rings. The van der Waals surface area contributed by atoms with Crippen molar-refractivity contribution in [3.8, 4) is 0 Å². The van der Waals surface area contributed by atoms with Gasteiger partial charge in [-0.15, -0.1) is 0 Å². The van der Waals surface area contributed by atoms with E-state index in [-0.39, 0.29) is 18.2 Å². The molecule has 0 aliphatic carbocycles. The number of nitrogens with zero attached hydrogens (tertiary/aromatic N) is 2. The largest absolute Gasteiger partial charge is 0.374 e. The predicted molar refractivity (Wildman–Crippen MR) is 65.6 cm³/mol. The SMILES string of the molecule is CC(C)C1NCC(=O)N1CC1CN(C)CCO1. The Labute approximate surface area is 103 Å². The Bertz CT molecular complexity index is 283. The third kappa shape index (κ3) is 2.97. The van der Waals surface area contributed by atoms with Crippen molar-refractivity contribution in [2.45, 2.75) is 26.1 Å². The fourth-order valence-corrected chi connectivity index (χ4v) is 2.57. The Morgan fingerprint density at radius 2 is 2.29 bits per heavy atom. The van der Waals surface area contributed by atoms with E-state index in [1.54, 1.807) is 0 Å². The molecule has 2 aliphatic heterocycles. The van der Waals surface area contributed by atoms with Crippen LogP contribution in [0.4, 0.5) is 0 Å². The van der Waals surface area contributed by atoms with Gasteiger partial charge in [0, 0.05) is 19.6 Å². The maximum absolute atomic E-state index is 11.8. The fourth-order valence-electron chi connectivity index (χ4n) is 2.57. The molecule has 0 saturated carbocycles. The molecule has 0 aromatic carbocycles. The zero-order chi connectivity index (χ0) is 12.4. The quantitative estimate of drug-likeness (QED) is 0.739. The molecule has 2 aliphatic rings. The molecular weight excluding hydrogens is 218 g/mol. The van der Waals surface area contributed by atoms with Crippen LogP contribution in [0.25, 0.3) is 0 Å². The van der Waals surface area contributed by atoms with E-state index in [1.807, 2.05) is 4.90 Å². The minimum Gasteiger partial charge on any atom is -0.374 e. The summed E-state index contributed by atoms with van der Waals surface area (Å²) in [7, 11) is 2.10. The molecule has 5 nitrogen and oxygen atoms in total. The van der Waals surface area contributed by atoms with Gasteiger partial charge in [0.15, 0.2) is 0 Å². The first-order valence-electron chi connectivity index (χ1n) is 6.41. The van der Waals surface area contributed by atoms with Crippen LogP contribution in [0.5, 0.6) is 0 Å². The minimum atomic E-state index is 0.152. The number of hydrogen-bond acceptors (Lipinski definition) is 4. The molecular formula is C12H23N3O2. The molecule has 2 unspecified atom stereocenters. The van der Waals surface area contributed by atoms with E-state index in [1.165, 1.54) is 0 Å². The van der Waals surface area contributed by atoms with Crippen molar-refractivity contribution >= 4 is 5.91 Å². The standard InChI is InChI=1S/C12H23N3O2/c1-9(2)12-13-6-11(16)15(12)8-10-7-14(3)4-5-17-10/h9-10,12-13H,4-8H2,1-3H3. The highest BCUT2D eigenvalue weighted by molar-refractivity contribution is 5.80. The molecule has 1 N–H and O–H groups in total. The maximum atomic E-state index is 11.8.